The fourth-order valence-corrected chi connectivity index (χ4v) is 1.57. The zero-order valence-electron chi connectivity index (χ0n) is 10.5. The summed E-state index contributed by atoms with van der Waals surface area (Å²) < 4.78 is 10.1. The van der Waals surface area contributed by atoms with Crippen LogP contribution in [0.5, 0.6) is 5.75 Å². The Morgan fingerprint density at radius 1 is 1.47 bits per heavy atom. The molecule has 0 aliphatic rings. The Labute approximate surface area is 102 Å². The van der Waals surface area contributed by atoms with Crippen molar-refractivity contribution in [3.8, 4) is 5.75 Å². The summed E-state index contributed by atoms with van der Waals surface area (Å²) >= 11 is 0. The fraction of sp³-hybridized carbons (Fsp3) is 0.462. The van der Waals surface area contributed by atoms with E-state index in [-0.39, 0.29) is 5.97 Å². The van der Waals surface area contributed by atoms with Crippen LogP contribution in [0.2, 0.25) is 0 Å². The predicted octanol–water partition coefficient (Wildman–Crippen LogP) is 1.52. The van der Waals surface area contributed by atoms with E-state index in [0.717, 1.165) is 11.3 Å². The van der Waals surface area contributed by atoms with E-state index < -0.39 is 5.54 Å². The molecule has 0 spiro atoms. The van der Waals surface area contributed by atoms with E-state index in [1.165, 1.54) is 0 Å². The maximum atomic E-state index is 11.6. The summed E-state index contributed by atoms with van der Waals surface area (Å²) in [5, 5.41) is 0. The highest BCUT2D eigenvalue weighted by Crippen LogP contribution is 2.17. The molecule has 1 rings (SSSR count). The first-order valence-electron chi connectivity index (χ1n) is 5.58. The number of rotatable bonds is 5. The average Bonchev–Trinajstić information content (AvgIpc) is 2.29. The van der Waals surface area contributed by atoms with Gasteiger partial charge in [-0.2, -0.15) is 0 Å². The smallest absolute Gasteiger partial charge is 0.326 e. The summed E-state index contributed by atoms with van der Waals surface area (Å²) in [5.41, 5.74) is 5.89. The predicted molar refractivity (Wildman–Crippen MR) is 65.9 cm³/mol. The number of benzene rings is 1. The molecule has 0 aliphatic heterocycles. The Bertz CT molecular complexity index is 388. The summed E-state index contributed by atoms with van der Waals surface area (Å²) in [7, 11) is 1.60. The van der Waals surface area contributed by atoms with Gasteiger partial charge in [-0.15, -0.1) is 0 Å². The van der Waals surface area contributed by atoms with Crippen LogP contribution < -0.4 is 10.5 Å². The van der Waals surface area contributed by atoms with E-state index in [4.69, 9.17) is 15.2 Å². The molecule has 17 heavy (non-hydrogen) atoms. The number of carbonyl (C=O) groups is 1. The molecule has 0 radical (unpaired) electrons. The van der Waals surface area contributed by atoms with Gasteiger partial charge in [0.2, 0.25) is 0 Å². The second-order valence-electron chi connectivity index (χ2n) is 4.17. The van der Waals surface area contributed by atoms with Crippen LogP contribution >= 0.6 is 0 Å². The molecule has 0 saturated carbocycles. The van der Waals surface area contributed by atoms with Crippen LogP contribution in [-0.2, 0) is 16.0 Å². The first kappa shape index (κ1) is 13.5. The molecule has 0 saturated heterocycles. The molecule has 0 bridgehead atoms. The third-order valence-electron chi connectivity index (χ3n) is 2.45. The fourth-order valence-electron chi connectivity index (χ4n) is 1.57. The van der Waals surface area contributed by atoms with Gasteiger partial charge >= 0.3 is 5.97 Å². The van der Waals surface area contributed by atoms with Gasteiger partial charge in [-0.3, -0.25) is 4.79 Å². The highest BCUT2D eigenvalue weighted by molar-refractivity contribution is 5.80. The topological polar surface area (TPSA) is 61.5 Å². The second-order valence-corrected chi connectivity index (χ2v) is 4.17. The summed E-state index contributed by atoms with van der Waals surface area (Å²) in [6.07, 6.45) is 0.420. The maximum absolute atomic E-state index is 11.6. The molecule has 4 nitrogen and oxygen atoms in total. The summed E-state index contributed by atoms with van der Waals surface area (Å²) in [4.78, 5) is 11.6. The molecule has 0 unspecified atom stereocenters. The van der Waals surface area contributed by atoms with Crippen LogP contribution in [0.15, 0.2) is 24.3 Å². The lowest BCUT2D eigenvalue weighted by Crippen LogP contribution is -2.48. The van der Waals surface area contributed by atoms with Crippen molar-refractivity contribution >= 4 is 5.97 Å². The molecular weight excluding hydrogens is 218 g/mol. The van der Waals surface area contributed by atoms with Crippen molar-refractivity contribution in [2.24, 2.45) is 5.73 Å². The van der Waals surface area contributed by atoms with Gasteiger partial charge in [-0.05, 0) is 31.5 Å². The van der Waals surface area contributed by atoms with Gasteiger partial charge in [-0.1, -0.05) is 12.1 Å². The van der Waals surface area contributed by atoms with Crippen LogP contribution in [0.3, 0.4) is 0 Å². The quantitative estimate of drug-likeness (QED) is 0.789. The highest BCUT2D eigenvalue weighted by atomic mass is 16.5. The van der Waals surface area contributed by atoms with E-state index in [9.17, 15) is 4.79 Å². The molecule has 1 aromatic rings. The van der Waals surface area contributed by atoms with E-state index in [1.807, 2.05) is 24.3 Å². The van der Waals surface area contributed by atoms with E-state index in [0.29, 0.717) is 13.0 Å². The number of ether oxygens (including phenoxy) is 2. The minimum atomic E-state index is -1.01. The molecular formula is C13H19NO3. The van der Waals surface area contributed by atoms with Crippen molar-refractivity contribution in [3.63, 3.8) is 0 Å². The van der Waals surface area contributed by atoms with Gasteiger partial charge in [0.15, 0.2) is 0 Å². The van der Waals surface area contributed by atoms with Crippen LogP contribution in [-0.4, -0.2) is 25.2 Å². The van der Waals surface area contributed by atoms with Gasteiger partial charge in [0.05, 0.1) is 13.7 Å². The normalized spacial score (nSPS) is 13.9. The first-order valence-corrected chi connectivity index (χ1v) is 5.58. The molecule has 0 aliphatic carbocycles. The number of carbonyl (C=O) groups excluding carboxylic acids is 1. The maximum Gasteiger partial charge on any atom is 0.326 e. The molecule has 2 N–H and O–H groups in total. The van der Waals surface area contributed by atoms with E-state index >= 15 is 0 Å². The van der Waals surface area contributed by atoms with E-state index in [1.54, 1.807) is 21.0 Å². The molecule has 0 amide bonds. The second kappa shape index (κ2) is 5.68. The lowest BCUT2D eigenvalue weighted by atomic mass is 9.94. The van der Waals surface area contributed by atoms with E-state index in [2.05, 4.69) is 0 Å². The molecule has 1 aromatic carbocycles. The van der Waals surface area contributed by atoms with Crippen molar-refractivity contribution in [2.45, 2.75) is 25.8 Å². The minimum Gasteiger partial charge on any atom is -0.497 e. The average molecular weight is 237 g/mol. The minimum absolute atomic E-state index is 0.337. The zero-order chi connectivity index (χ0) is 12.9. The first-order chi connectivity index (χ1) is 7.99. The number of esters is 1. The van der Waals surface area contributed by atoms with Gasteiger partial charge < -0.3 is 15.2 Å². The van der Waals surface area contributed by atoms with Crippen molar-refractivity contribution < 1.29 is 14.3 Å². The Kier molecular flexibility index (Phi) is 4.52. The molecule has 1 atom stereocenters. The summed E-state index contributed by atoms with van der Waals surface area (Å²) in [5.74, 6) is 0.366. The lowest BCUT2D eigenvalue weighted by molar-refractivity contribution is -0.148. The van der Waals surface area contributed by atoms with Gasteiger partial charge in [-0.25, -0.2) is 0 Å². The van der Waals surface area contributed by atoms with Crippen LogP contribution in [0.4, 0.5) is 0 Å². The Hall–Kier alpha value is -1.55. The molecule has 0 fully saturated rings. The zero-order valence-corrected chi connectivity index (χ0v) is 10.5. The lowest BCUT2D eigenvalue weighted by Gasteiger charge is -2.22. The SMILES string of the molecule is CCOC(=O)[C@@](C)(N)Cc1cccc(OC)c1. The Morgan fingerprint density at radius 3 is 2.76 bits per heavy atom. The number of hydrogen-bond donors (Lipinski definition) is 1. The molecule has 0 heterocycles. The molecule has 4 heteroatoms. The van der Waals surface area contributed by atoms with Crippen LogP contribution in [0.1, 0.15) is 19.4 Å². The van der Waals surface area contributed by atoms with Crippen molar-refractivity contribution in [1.82, 2.24) is 0 Å². The van der Waals surface area contributed by atoms with Crippen LogP contribution in [0.25, 0.3) is 0 Å². The summed E-state index contributed by atoms with van der Waals surface area (Å²) in [6.45, 7) is 3.77. The van der Waals surface area contributed by atoms with Crippen molar-refractivity contribution in [2.75, 3.05) is 13.7 Å². The number of nitrogens with two attached hydrogens (primary N) is 1. The summed E-state index contributed by atoms with van der Waals surface area (Å²) in [6, 6.07) is 7.49. The van der Waals surface area contributed by atoms with Crippen molar-refractivity contribution in [3.05, 3.63) is 29.8 Å². The third-order valence-corrected chi connectivity index (χ3v) is 2.45. The monoisotopic (exact) mass is 237 g/mol. The highest BCUT2D eigenvalue weighted by Gasteiger charge is 2.30. The molecule has 94 valence electrons. The third kappa shape index (κ3) is 3.75. The number of hydrogen-bond acceptors (Lipinski definition) is 4. The van der Waals surface area contributed by atoms with Gasteiger partial charge in [0.1, 0.15) is 11.3 Å². The van der Waals surface area contributed by atoms with Crippen LogP contribution in [0, 0.1) is 0 Å². The largest absolute Gasteiger partial charge is 0.497 e. The van der Waals surface area contributed by atoms with Gasteiger partial charge in [0.25, 0.3) is 0 Å². The molecule has 0 aromatic heterocycles. The van der Waals surface area contributed by atoms with Gasteiger partial charge in [0, 0.05) is 6.42 Å². The number of methoxy groups -OCH3 is 1. The Balaban J connectivity index is 2.78. The standard InChI is InChI=1S/C13H19NO3/c1-4-17-12(15)13(2,14)9-10-6-5-7-11(8-10)16-3/h5-8H,4,9,14H2,1-3H3/t13-/m0/s1. The van der Waals surface area contributed by atoms with Crippen molar-refractivity contribution in [1.29, 1.82) is 0 Å². The Morgan fingerprint density at radius 2 is 2.18 bits per heavy atom.